The first-order valence-corrected chi connectivity index (χ1v) is 5.35. The molecule has 2 aromatic rings. The second-order valence-electron chi connectivity index (χ2n) is 3.64. The zero-order valence-electron chi connectivity index (χ0n) is 10.1. The van der Waals surface area contributed by atoms with E-state index < -0.39 is 0 Å². The van der Waals surface area contributed by atoms with Crippen LogP contribution in [0.25, 0.3) is 0 Å². The molecule has 0 radical (unpaired) electrons. The molecule has 0 fully saturated rings. The quantitative estimate of drug-likeness (QED) is 0.837. The van der Waals surface area contributed by atoms with Gasteiger partial charge in [0.2, 0.25) is 5.89 Å². The number of nitrogens with zero attached hydrogens (tertiary/aromatic N) is 3. The average molecular weight is 233 g/mol. The molecule has 0 amide bonds. The molecular formula is C11H15N5O. The van der Waals surface area contributed by atoms with Gasteiger partial charge in [0.25, 0.3) is 0 Å². The van der Waals surface area contributed by atoms with Gasteiger partial charge >= 0.3 is 0 Å². The van der Waals surface area contributed by atoms with E-state index in [-0.39, 0.29) is 0 Å². The first kappa shape index (κ1) is 11.4. The molecule has 0 aromatic carbocycles. The van der Waals surface area contributed by atoms with E-state index in [1.165, 1.54) is 6.33 Å². The highest BCUT2D eigenvalue weighted by molar-refractivity contribution is 5.45. The Hall–Kier alpha value is -2.11. The van der Waals surface area contributed by atoms with Crippen LogP contribution < -0.4 is 10.6 Å². The fraction of sp³-hybridized carbons (Fsp3) is 0.364. The van der Waals surface area contributed by atoms with Crippen LogP contribution in [0.2, 0.25) is 0 Å². The van der Waals surface area contributed by atoms with Crippen molar-refractivity contribution in [1.29, 1.82) is 0 Å². The molecule has 0 saturated heterocycles. The second-order valence-corrected chi connectivity index (χ2v) is 3.64. The Bertz CT molecular complexity index is 489. The van der Waals surface area contributed by atoms with Crippen LogP contribution in [0.3, 0.4) is 0 Å². The lowest BCUT2D eigenvalue weighted by Gasteiger charge is -2.04. The summed E-state index contributed by atoms with van der Waals surface area (Å²) in [5, 5.41) is 6.08. The monoisotopic (exact) mass is 233 g/mol. The van der Waals surface area contributed by atoms with Crippen molar-refractivity contribution in [3.63, 3.8) is 0 Å². The smallest absolute Gasteiger partial charge is 0.213 e. The molecule has 0 bridgehead atoms. The number of aromatic nitrogens is 3. The van der Waals surface area contributed by atoms with Crippen molar-refractivity contribution in [2.24, 2.45) is 0 Å². The number of hydrogen-bond acceptors (Lipinski definition) is 6. The van der Waals surface area contributed by atoms with E-state index in [1.54, 1.807) is 0 Å². The SMILES string of the molecule is CNc1cc(NCc2nc(C)c(C)o2)ncn1. The third kappa shape index (κ3) is 2.72. The number of oxazole rings is 1. The third-order valence-corrected chi connectivity index (χ3v) is 2.42. The van der Waals surface area contributed by atoms with Gasteiger partial charge in [-0.1, -0.05) is 0 Å². The highest BCUT2D eigenvalue weighted by Crippen LogP contribution is 2.11. The molecule has 0 spiro atoms. The van der Waals surface area contributed by atoms with Crippen LogP contribution in [0.1, 0.15) is 17.3 Å². The molecule has 2 heterocycles. The van der Waals surface area contributed by atoms with E-state index in [2.05, 4.69) is 25.6 Å². The lowest BCUT2D eigenvalue weighted by molar-refractivity contribution is 0.478. The second kappa shape index (κ2) is 4.82. The Balaban J connectivity index is 2.01. The van der Waals surface area contributed by atoms with E-state index >= 15 is 0 Å². The van der Waals surface area contributed by atoms with Gasteiger partial charge in [-0.2, -0.15) is 0 Å². The molecule has 2 N–H and O–H groups in total. The van der Waals surface area contributed by atoms with Gasteiger partial charge < -0.3 is 15.1 Å². The zero-order valence-corrected chi connectivity index (χ0v) is 10.1. The Morgan fingerprint density at radius 1 is 1.24 bits per heavy atom. The molecule has 0 aliphatic carbocycles. The summed E-state index contributed by atoms with van der Waals surface area (Å²) in [6.45, 7) is 4.33. The summed E-state index contributed by atoms with van der Waals surface area (Å²) < 4.78 is 5.46. The third-order valence-electron chi connectivity index (χ3n) is 2.42. The molecular weight excluding hydrogens is 218 g/mol. The Kier molecular flexibility index (Phi) is 3.22. The Morgan fingerprint density at radius 3 is 2.65 bits per heavy atom. The molecule has 2 rings (SSSR count). The van der Waals surface area contributed by atoms with Gasteiger partial charge in [-0.25, -0.2) is 15.0 Å². The van der Waals surface area contributed by atoms with E-state index in [4.69, 9.17) is 4.42 Å². The predicted octanol–water partition coefficient (Wildman–Crippen LogP) is 1.74. The standard InChI is InChI=1S/C11H15N5O/c1-7-8(2)17-11(16-7)5-13-10-4-9(12-3)14-6-15-10/h4,6H,5H2,1-3H3,(H2,12,13,14,15). The first-order valence-electron chi connectivity index (χ1n) is 5.35. The fourth-order valence-corrected chi connectivity index (χ4v) is 1.37. The van der Waals surface area contributed by atoms with Crippen LogP contribution in [0.15, 0.2) is 16.8 Å². The molecule has 0 aliphatic rings. The molecule has 17 heavy (non-hydrogen) atoms. The molecule has 6 nitrogen and oxygen atoms in total. The van der Waals surface area contributed by atoms with Crippen molar-refractivity contribution in [2.75, 3.05) is 17.7 Å². The minimum absolute atomic E-state index is 0.509. The van der Waals surface area contributed by atoms with Crippen LogP contribution >= 0.6 is 0 Å². The number of rotatable bonds is 4. The maximum Gasteiger partial charge on any atom is 0.213 e. The van der Waals surface area contributed by atoms with Gasteiger partial charge in [-0.15, -0.1) is 0 Å². The summed E-state index contributed by atoms with van der Waals surface area (Å²) in [6.07, 6.45) is 1.50. The average Bonchev–Trinajstić information content (AvgIpc) is 2.67. The highest BCUT2D eigenvalue weighted by atomic mass is 16.4. The van der Waals surface area contributed by atoms with E-state index in [1.807, 2.05) is 27.0 Å². The van der Waals surface area contributed by atoms with Crippen LogP contribution in [-0.2, 0) is 6.54 Å². The molecule has 0 saturated carbocycles. The molecule has 2 aromatic heterocycles. The van der Waals surface area contributed by atoms with Gasteiger partial charge in [-0.05, 0) is 13.8 Å². The van der Waals surface area contributed by atoms with Crippen LogP contribution in [0.5, 0.6) is 0 Å². The van der Waals surface area contributed by atoms with E-state index in [0.29, 0.717) is 12.4 Å². The minimum atomic E-state index is 0.509. The summed E-state index contributed by atoms with van der Waals surface area (Å²) in [5.41, 5.74) is 0.917. The van der Waals surface area contributed by atoms with E-state index in [0.717, 1.165) is 23.1 Å². The lowest BCUT2D eigenvalue weighted by atomic mass is 10.4. The van der Waals surface area contributed by atoms with Gasteiger partial charge in [-0.3, -0.25) is 0 Å². The number of anilines is 2. The van der Waals surface area contributed by atoms with Crippen molar-refractivity contribution in [3.8, 4) is 0 Å². The zero-order chi connectivity index (χ0) is 12.3. The fourth-order valence-electron chi connectivity index (χ4n) is 1.37. The topological polar surface area (TPSA) is 75.9 Å². The summed E-state index contributed by atoms with van der Waals surface area (Å²) in [5.74, 6) is 3.00. The highest BCUT2D eigenvalue weighted by Gasteiger charge is 2.05. The molecule has 90 valence electrons. The summed E-state index contributed by atoms with van der Waals surface area (Å²) in [4.78, 5) is 12.4. The van der Waals surface area contributed by atoms with Crippen LogP contribution in [0.4, 0.5) is 11.6 Å². The lowest BCUT2D eigenvalue weighted by Crippen LogP contribution is -2.03. The number of nitrogens with one attached hydrogen (secondary N) is 2. The van der Waals surface area contributed by atoms with Gasteiger partial charge in [0.1, 0.15) is 23.7 Å². The minimum Gasteiger partial charge on any atom is -0.444 e. The Labute approximate surface area is 99.5 Å². The van der Waals surface area contributed by atoms with Crippen molar-refractivity contribution in [2.45, 2.75) is 20.4 Å². The largest absolute Gasteiger partial charge is 0.444 e. The van der Waals surface area contributed by atoms with Crippen molar-refractivity contribution in [1.82, 2.24) is 15.0 Å². The molecule has 0 unspecified atom stereocenters. The van der Waals surface area contributed by atoms with Crippen molar-refractivity contribution < 1.29 is 4.42 Å². The molecule has 0 aliphatic heterocycles. The van der Waals surface area contributed by atoms with Gasteiger partial charge in [0, 0.05) is 13.1 Å². The molecule has 0 atom stereocenters. The van der Waals surface area contributed by atoms with Gasteiger partial charge in [0.15, 0.2) is 0 Å². The maximum absolute atomic E-state index is 5.46. The maximum atomic E-state index is 5.46. The van der Waals surface area contributed by atoms with Crippen LogP contribution in [-0.4, -0.2) is 22.0 Å². The number of hydrogen-bond donors (Lipinski definition) is 2. The Morgan fingerprint density at radius 2 is 2.00 bits per heavy atom. The van der Waals surface area contributed by atoms with Crippen LogP contribution in [0, 0.1) is 13.8 Å². The molecule has 6 heteroatoms. The summed E-state index contributed by atoms with van der Waals surface area (Å²) >= 11 is 0. The van der Waals surface area contributed by atoms with E-state index in [9.17, 15) is 0 Å². The predicted molar refractivity (Wildman–Crippen MR) is 64.9 cm³/mol. The van der Waals surface area contributed by atoms with Crippen molar-refractivity contribution in [3.05, 3.63) is 29.7 Å². The summed E-state index contributed by atoms with van der Waals surface area (Å²) in [6, 6.07) is 1.82. The summed E-state index contributed by atoms with van der Waals surface area (Å²) in [7, 11) is 1.81. The van der Waals surface area contributed by atoms with Crippen molar-refractivity contribution >= 4 is 11.6 Å². The first-order chi connectivity index (χ1) is 8.19. The number of aryl methyl sites for hydroxylation is 2. The normalized spacial score (nSPS) is 10.3. The van der Waals surface area contributed by atoms with Gasteiger partial charge in [0.05, 0.1) is 12.2 Å².